The summed E-state index contributed by atoms with van der Waals surface area (Å²) in [6, 6.07) is 7.96. The number of carbonyl (C=O) groups excluding carboxylic acids is 1. The molecular weight excluding hydrogens is 368 g/mol. The number of nitrogens with one attached hydrogen (secondary N) is 1. The largest absolute Gasteiger partial charge is 0.357 e. The number of aryl methyl sites for hydroxylation is 1. The highest BCUT2D eigenvalue weighted by atomic mass is 16.2. The number of nitrogens with zero attached hydrogens (tertiary/aromatic N) is 7. The van der Waals surface area contributed by atoms with Gasteiger partial charge in [-0.3, -0.25) is 4.79 Å². The average molecular weight is 392 g/mol. The number of fused-ring (bicyclic) bond motifs is 1. The van der Waals surface area contributed by atoms with Crippen molar-refractivity contribution in [3.05, 3.63) is 53.5 Å². The minimum absolute atomic E-state index is 0.0962. The number of benzene rings is 1. The fourth-order valence-corrected chi connectivity index (χ4v) is 3.39. The SMILES string of the molecule is CCNc1ncc2c(n1)N(C)CCN(c1cccc(Cn3cc(C)nn3)c1)C2=O. The van der Waals surface area contributed by atoms with Gasteiger partial charge in [-0.15, -0.1) is 5.10 Å². The smallest absolute Gasteiger partial charge is 0.263 e. The van der Waals surface area contributed by atoms with Crippen LogP contribution in [0.15, 0.2) is 36.7 Å². The van der Waals surface area contributed by atoms with Crippen molar-refractivity contribution in [2.24, 2.45) is 0 Å². The van der Waals surface area contributed by atoms with E-state index in [2.05, 4.69) is 25.6 Å². The average Bonchev–Trinajstić information content (AvgIpc) is 3.07. The van der Waals surface area contributed by atoms with Gasteiger partial charge in [0, 0.05) is 44.8 Å². The predicted molar refractivity (Wildman–Crippen MR) is 111 cm³/mol. The lowest BCUT2D eigenvalue weighted by molar-refractivity contribution is 0.0989. The third-order valence-electron chi connectivity index (χ3n) is 4.82. The summed E-state index contributed by atoms with van der Waals surface area (Å²) in [6.45, 7) is 6.46. The van der Waals surface area contributed by atoms with E-state index in [1.165, 1.54) is 0 Å². The standard InChI is InChI=1S/C20H24N8O/c1-4-21-20-22-11-17-18(23-20)26(3)8-9-28(19(17)29)16-7-5-6-15(10-16)13-27-12-14(2)24-25-27/h5-7,10-12H,4,8-9,13H2,1-3H3,(H,21,22,23). The van der Waals surface area contributed by atoms with Crippen LogP contribution in [0.5, 0.6) is 0 Å². The van der Waals surface area contributed by atoms with Crippen LogP contribution < -0.4 is 15.1 Å². The molecule has 2 aromatic heterocycles. The first kappa shape index (κ1) is 18.9. The molecule has 1 N–H and O–H groups in total. The Morgan fingerprint density at radius 2 is 2.10 bits per heavy atom. The summed E-state index contributed by atoms with van der Waals surface area (Å²) in [5.74, 6) is 1.09. The predicted octanol–water partition coefficient (Wildman–Crippen LogP) is 1.95. The van der Waals surface area contributed by atoms with E-state index in [4.69, 9.17) is 0 Å². The third-order valence-corrected chi connectivity index (χ3v) is 4.82. The fourth-order valence-electron chi connectivity index (χ4n) is 3.39. The minimum Gasteiger partial charge on any atom is -0.357 e. The minimum atomic E-state index is -0.0962. The van der Waals surface area contributed by atoms with Crippen molar-refractivity contribution < 1.29 is 4.79 Å². The van der Waals surface area contributed by atoms with Crippen molar-refractivity contribution >= 4 is 23.4 Å². The highest BCUT2D eigenvalue weighted by Gasteiger charge is 2.28. The molecule has 1 aromatic carbocycles. The zero-order valence-electron chi connectivity index (χ0n) is 16.8. The van der Waals surface area contributed by atoms with Crippen molar-refractivity contribution in [2.45, 2.75) is 20.4 Å². The molecule has 3 aromatic rings. The zero-order valence-corrected chi connectivity index (χ0v) is 16.8. The lowest BCUT2D eigenvalue weighted by Gasteiger charge is -2.21. The van der Waals surface area contributed by atoms with Crippen LogP contribution in [-0.2, 0) is 6.54 Å². The Kier molecular flexibility index (Phi) is 5.11. The maximum Gasteiger partial charge on any atom is 0.263 e. The quantitative estimate of drug-likeness (QED) is 0.709. The van der Waals surface area contributed by atoms with Gasteiger partial charge in [0.1, 0.15) is 11.4 Å². The molecule has 29 heavy (non-hydrogen) atoms. The summed E-state index contributed by atoms with van der Waals surface area (Å²) >= 11 is 0. The number of anilines is 3. The van der Waals surface area contributed by atoms with Gasteiger partial charge in [-0.1, -0.05) is 17.3 Å². The molecular formula is C20H24N8O. The van der Waals surface area contributed by atoms with Crippen LogP contribution >= 0.6 is 0 Å². The monoisotopic (exact) mass is 392 g/mol. The van der Waals surface area contributed by atoms with E-state index in [-0.39, 0.29) is 5.91 Å². The first-order valence-corrected chi connectivity index (χ1v) is 9.64. The van der Waals surface area contributed by atoms with Crippen LogP contribution in [0.3, 0.4) is 0 Å². The van der Waals surface area contributed by atoms with E-state index >= 15 is 0 Å². The Labute approximate surface area is 169 Å². The maximum atomic E-state index is 13.3. The number of aromatic nitrogens is 5. The van der Waals surface area contributed by atoms with Crippen molar-refractivity contribution in [1.82, 2.24) is 25.0 Å². The van der Waals surface area contributed by atoms with Gasteiger partial charge >= 0.3 is 0 Å². The van der Waals surface area contributed by atoms with Gasteiger partial charge in [0.2, 0.25) is 5.95 Å². The second kappa shape index (κ2) is 7.86. The lowest BCUT2D eigenvalue weighted by Crippen LogP contribution is -2.33. The van der Waals surface area contributed by atoms with Gasteiger partial charge in [0.15, 0.2) is 0 Å². The molecule has 9 heteroatoms. The Balaban J connectivity index is 1.63. The van der Waals surface area contributed by atoms with E-state index in [0.29, 0.717) is 37.0 Å². The number of rotatable bonds is 5. The van der Waals surface area contributed by atoms with Gasteiger partial charge in [-0.2, -0.15) is 4.98 Å². The lowest BCUT2D eigenvalue weighted by atomic mass is 10.1. The molecule has 0 bridgehead atoms. The maximum absolute atomic E-state index is 13.3. The molecule has 150 valence electrons. The summed E-state index contributed by atoms with van der Waals surface area (Å²) in [5, 5.41) is 11.2. The van der Waals surface area contributed by atoms with Gasteiger partial charge in [0.05, 0.1) is 12.2 Å². The van der Waals surface area contributed by atoms with Gasteiger partial charge in [-0.05, 0) is 31.5 Å². The Hall–Kier alpha value is -3.49. The van der Waals surface area contributed by atoms with Crippen molar-refractivity contribution in [3.8, 4) is 0 Å². The van der Waals surface area contributed by atoms with Crippen LogP contribution in [0, 0.1) is 6.92 Å². The summed E-state index contributed by atoms with van der Waals surface area (Å²) in [4.78, 5) is 25.9. The molecule has 0 saturated heterocycles. The van der Waals surface area contributed by atoms with Crippen molar-refractivity contribution in [3.63, 3.8) is 0 Å². The van der Waals surface area contributed by atoms with Gasteiger partial charge < -0.3 is 15.1 Å². The number of hydrogen-bond donors (Lipinski definition) is 1. The third kappa shape index (κ3) is 3.89. The van der Waals surface area contributed by atoms with Crippen LogP contribution in [0.25, 0.3) is 0 Å². The molecule has 0 saturated carbocycles. The normalized spacial score (nSPS) is 14.0. The molecule has 9 nitrogen and oxygen atoms in total. The van der Waals surface area contributed by atoms with Crippen LogP contribution in [0.1, 0.15) is 28.5 Å². The van der Waals surface area contributed by atoms with E-state index in [1.54, 1.807) is 15.8 Å². The highest BCUT2D eigenvalue weighted by molar-refractivity contribution is 6.09. The number of likely N-dealkylation sites (N-methyl/N-ethyl adjacent to an activating group) is 1. The summed E-state index contributed by atoms with van der Waals surface area (Å²) < 4.78 is 1.79. The van der Waals surface area contributed by atoms with E-state index < -0.39 is 0 Å². The second-order valence-corrected chi connectivity index (χ2v) is 7.07. The molecule has 1 amide bonds. The summed E-state index contributed by atoms with van der Waals surface area (Å²) in [6.07, 6.45) is 3.51. The highest BCUT2D eigenvalue weighted by Crippen LogP contribution is 2.27. The first-order chi connectivity index (χ1) is 14.0. The Morgan fingerprint density at radius 3 is 2.86 bits per heavy atom. The molecule has 1 aliphatic heterocycles. The zero-order chi connectivity index (χ0) is 20.4. The first-order valence-electron chi connectivity index (χ1n) is 9.64. The Bertz CT molecular complexity index is 1030. The molecule has 0 spiro atoms. The van der Waals surface area contributed by atoms with Crippen LogP contribution in [0.4, 0.5) is 17.5 Å². The van der Waals surface area contributed by atoms with Gasteiger partial charge in [0.25, 0.3) is 5.91 Å². The molecule has 0 radical (unpaired) electrons. The molecule has 3 heterocycles. The molecule has 1 aliphatic rings. The molecule has 0 unspecified atom stereocenters. The Morgan fingerprint density at radius 1 is 1.24 bits per heavy atom. The van der Waals surface area contributed by atoms with E-state index in [9.17, 15) is 4.79 Å². The summed E-state index contributed by atoms with van der Waals surface area (Å²) in [5.41, 5.74) is 3.28. The molecule has 0 aliphatic carbocycles. The fraction of sp³-hybridized carbons (Fsp3) is 0.350. The second-order valence-electron chi connectivity index (χ2n) is 7.07. The molecule has 0 atom stereocenters. The van der Waals surface area contributed by atoms with E-state index in [1.807, 2.05) is 56.3 Å². The number of carbonyl (C=O) groups is 1. The van der Waals surface area contributed by atoms with Crippen LogP contribution in [0.2, 0.25) is 0 Å². The van der Waals surface area contributed by atoms with Crippen LogP contribution in [-0.4, -0.2) is 57.6 Å². The summed E-state index contributed by atoms with van der Waals surface area (Å²) in [7, 11) is 1.95. The van der Waals surface area contributed by atoms with Gasteiger partial charge in [-0.25, -0.2) is 9.67 Å². The van der Waals surface area contributed by atoms with Crippen molar-refractivity contribution in [1.29, 1.82) is 0 Å². The van der Waals surface area contributed by atoms with E-state index in [0.717, 1.165) is 23.5 Å². The number of amides is 1. The topological polar surface area (TPSA) is 92.1 Å². The molecule has 0 fully saturated rings. The number of hydrogen-bond acceptors (Lipinski definition) is 7. The molecule has 4 rings (SSSR count). The van der Waals surface area contributed by atoms with Crippen molar-refractivity contribution in [2.75, 3.05) is 41.8 Å².